The summed E-state index contributed by atoms with van der Waals surface area (Å²) in [4.78, 5) is 6.51. The van der Waals surface area contributed by atoms with Crippen LogP contribution in [0.15, 0.2) is 12.5 Å². The second kappa shape index (κ2) is 5.85. The Morgan fingerprint density at radius 1 is 1.39 bits per heavy atom. The normalized spacial score (nSPS) is 14.5. The summed E-state index contributed by atoms with van der Waals surface area (Å²) in [6, 6.07) is 0.431. The molecule has 0 bridgehead atoms. The average Bonchev–Trinajstić information content (AvgIpc) is 2.61. The van der Waals surface area contributed by atoms with Gasteiger partial charge in [0.15, 0.2) is 0 Å². The van der Waals surface area contributed by atoms with Crippen molar-refractivity contribution in [2.45, 2.75) is 45.7 Å². The zero-order valence-corrected chi connectivity index (χ0v) is 12.6. The van der Waals surface area contributed by atoms with Crippen LogP contribution in [0, 0.1) is 5.92 Å². The van der Waals surface area contributed by atoms with Crippen LogP contribution in [0.1, 0.15) is 45.9 Å². The van der Waals surface area contributed by atoms with Gasteiger partial charge in [0, 0.05) is 18.8 Å². The molecule has 0 saturated heterocycles. The minimum atomic E-state index is -0.349. The molecule has 18 heavy (non-hydrogen) atoms. The number of likely N-dealkylation sites (N-methyl/N-ethyl adjacent to an activating group) is 1. The first-order valence-electron chi connectivity index (χ1n) is 6.67. The van der Waals surface area contributed by atoms with Gasteiger partial charge in [0.05, 0.1) is 17.6 Å². The van der Waals surface area contributed by atoms with Gasteiger partial charge in [-0.25, -0.2) is 4.98 Å². The highest BCUT2D eigenvalue weighted by atomic mass is 15.2. The van der Waals surface area contributed by atoms with Crippen LogP contribution in [0.4, 0.5) is 0 Å². The Bertz CT molecular complexity index is 350. The van der Waals surface area contributed by atoms with Gasteiger partial charge in [-0.3, -0.25) is 0 Å². The van der Waals surface area contributed by atoms with Crippen molar-refractivity contribution in [2.24, 2.45) is 11.7 Å². The zero-order chi connectivity index (χ0) is 13.9. The van der Waals surface area contributed by atoms with Crippen LogP contribution in [0.5, 0.6) is 0 Å². The lowest BCUT2D eigenvalue weighted by molar-refractivity contribution is 0.277. The fraction of sp³-hybridized carbons (Fsp3) is 0.786. The SMILES string of the molecule is CC(C)CC(CN(C)C)n1cncc1C(C)(C)N. The van der Waals surface area contributed by atoms with Crippen LogP contribution in [-0.2, 0) is 5.54 Å². The Morgan fingerprint density at radius 3 is 2.44 bits per heavy atom. The Kier molecular flexibility index (Phi) is 4.93. The first-order valence-corrected chi connectivity index (χ1v) is 6.67. The van der Waals surface area contributed by atoms with Gasteiger partial charge >= 0.3 is 0 Å². The molecule has 0 amide bonds. The van der Waals surface area contributed by atoms with E-state index in [2.05, 4.69) is 42.4 Å². The highest BCUT2D eigenvalue weighted by Crippen LogP contribution is 2.25. The molecule has 0 aromatic carbocycles. The largest absolute Gasteiger partial charge is 0.329 e. The minimum Gasteiger partial charge on any atom is -0.329 e. The van der Waals surface area contributed by atoms with Crippen molar-refractivity contribution in [3.8, 4) is 0 Å². The highest BCUT2D eigenvalue weighted by Gasteiger charge is 2.24. The monoisotopic (exact) mass is 252 g/mol. The summed E-state index contributed by atoms with van der Waals surface area (Å²) in [7, 11) is 4.22. The molecular formula is C14H28N4. The molecule has 1 heterocycles. The highest BCUT2D eigenvalue weighted by molar-refractivity contribution is 5.11. The second-order valence-electron chi connectivity index (χ2n) is 6.45. The van der Waals surface area contributed by atoms with Gasteiger partial charge in [-0.2, -0.15) is 0 Å². The van der Waals surface area contributed by atoms with E-state index in [1.54, 1.807) is 0 Å². The van der Waals surface area contributed by atoms with Gasteiger partial charge < -0.3 is 15.2 Å². The quantitative estimate of drug-likeness (QED) is 0.844. The van der Waals surface area contributed by atoms with Crippen LogP contribution in [0.3, 0.4) is 0 Å². The Hall–Kier alpha value is -0.870. The summed E-state index contributed by atoms with van der Waals surface area (Å²) >= 11 is 0. The van der Waals surface area contributed by atoms with Crippen LogP contribution in [0.25, 0.3) is 0 Å². The van der Waals surface area contributed by atoms with Crippen molar-refractivity contribution < 1.29 is 0 Å². The smallest absolute Gasteiger partial charge is 0.0951 e. The molecule has 104 valence electrons. The lowest BCUT2D eigenvalue weighted by atomic mass is 9.99. The first-order chi connectivity index (χ1) is 8.21. The molecule has 4 nitrogen and oxygen atoms in total. The van der Waals surface area contributed by atoms with Crippen molar-refractivity contribution in [2.75, 3.05) is 20.6 Å². The topological polar surface area (TPSA) is 47.1 Å². The van der Waals surface area contributed by atoms with Crippen molar-refractivity contribution >= 4 is 0 Å². The number of nitrogens with two attached hydrogens (primary N) is 1. The second-order valence-corrected chi connectivity index (χ2v) is 6.45. The van der Waals surface area contributed by atoms with E-state index in [0.29, 0.717) is 12.0 Å². The molecule has 0 spiro atoms. The van der Waals surface area contributed by atoms with Crippen molar-refractivity contribution in [1.29, 1.82) is 0 Å². The summed E-state index contributed by atoms with van der Waals surface area (Å²) in [5.74, 6) is 0.658. The molecule has 4 heteroatoms. The van der Waals surface area contributed by atoms with Gasteiger partial charge in [-0.15, -0.1) is 0 Å². The van der Waals surface area contributed by atoms with E-state index in [9.17, 15) is 0 Å². The number of hydrogen-bond donors (Lipinski definition) is 1. The van der Waals surface area contributed by atoms with Crippen LogP contribution in [0.2, 0.25) is 0 Å². The maximum absolute atomic E-state index is 6.23. The fourth-order valence-corrected chi connectivity index (χ4v) is 2.34. The van der Waals surface area contributed by atoms with E-state index in [0.717, 1.165) is 18.7 Å². The summed E-state index contributed by atoms with van der Waals surface area (Å²) in [6.07, 6.45) is 4.95. The van der Waals surface area contributed by atoms with Crippen molar-refractivity contribution in [1.82, 2.24) is 14.5 Å². The van der Waals surface area contributed by atoms with Gasteiger partial charge in [0.1, 0.15) is 0 Å². The number of rotatable bonds is 6. The molecule has 1 aromatic rings. The van der Waals surface area contributed by atoms with E-state index in [1.165, 1.54) is 0 Å². The molecule has 1 atom stereocenters. The Balaban J connectivity index is 3.01. The molecule has 0 saturated carbocycles. The number of hydrogen-bond acceptors (Lipinski definition) is 3. The zero-order valence-electron chi connectivity index (χ0n) is 12.6. The van der Waals surface area contributed by atoms with E-state index in [4.69, 9.17) is 5.73 Å². The molecule has 0 radical (unpaired) electrons. The number of imidazole rings is 1. The third kappa shape index (κ3) is 4.10. The van der Waals surface area contributed by atoms with Crippen molar-refractivity contribution in [3.63, 3.8) is 0 Å². The molecule has 1 rings (SSSR count). The van der Waals surface area contributed by atoms with Crippen LogP contribution in [-0.4, -0.2) is 35.1 Å². The number of nitrogens with zero attached hydrogens (tertiary/aromatic N) is 3. The van der Waals surface area contributed by atoms with E-state index >= 15 is 0 Å². The Morgan fingerprint density at radius 2 is 2.00 bits per heavy atom. The summed E-state index contributed by atoms with van der Waals surface area (Å²) in [5, 5.41) is 0. The molecule has 0 aliphatic rings. The molecule has 2 N–H and O–H groups in total. The maximum atomic E-state index is 6.23. The van der Waals surface area contributed by atoms with E-state index < -0.39 is 0 Å². The molecule has 1 unspecified atom stereocenters. The van der Waals surface area contributed by atoms with Gasteiger partial charge in [0.25, 0.3) is 0 Å². The predicted molar refractivity (Wildman–Crippen MR) is 76.5 cm³/mol. The van der Waals surface area contributed by atoms with Crippen LogP contribution < -0.4 is 5.73 Å². The molecule has 0 aliphatic heterocycles. The third-order valence-corrected chi connectivity index (χ3v) is 3.04. The average molecular weight is 252 g/mol. The predicted octanol–water partition coefficient (Wildman–Crippen LogP) is 2.23. The molecule has 0 aliphatic carbocycles. The standard InChI is InChI=1S/C14H28N4/c1-11(2)7-12(9-17(5)6)18-10-16-8-13(18)14(3,4)15/h8,10-12H,7,9,15H2,1-6H3. The van der Waals surface area contributed by atoms with Gasteiger partial charge in [0.2, 0.25) is 0 Å². The number of aromatic nitrogens is 2. The van der Waals surface area contributed by atoms with E-state index in [-0.39, 0.29) is 5.54 Å². The lowest BCUT2D eigenvalue weighted by Crippen LogP contribution is -2.35. The lowest BCUT2D eigenvalue weighted by Gasteiger charge is -2.29. The van der Waals surface area contributed by atoms with Crippen LogP contribution >= 0.6 is 0 Å². The summed E-state index contributed by atoms with van der Waals surface area (Å²) in [5.41, 5.74) is 6.98. The minimum absolute atomic E-state index is 0.349. The first kappa shape index (κ1) is 15.2. The molecule has 1 aromatic heterocycles. The third-order valence-electron chi connectivity index (χ3n) is 3.04. The summed E-state index contributed by atoms with van der Waals surface area (Å²) < 4.78 is 2.25. The summed E-state index contributed by atoms with van der Waals surface area (Å²) in [6.45, 7) is 9.59. The maximum Gasteiger partial charge on any atom is 0.0951 e. The van der Waals surface area contributed by atoms with Crippen molar-refractivity contribution in [3.05, 3.63) is 18.2 Å². The van der Waals surface area contributed by atoms with E-state index in [1.807, 2.05) is 26.4 Å². The van der Waals surface area contributed by atoms with Gasteiger partial charge in [-0.1, -0.05) is 13.8 Å². The molecule has 0 fully saturated rings. The van der Waals surface area contributed by atoms with Gasteiger partial charge in [-0.05, 0) is 40.3 Å². The molecular weight excluding hydrogens is 224 g/mol. The Labute approximate surface area is 111 Å². The fourth-order valence-electron chi connectivity index (χ4n) is 2.34.